The summed E-state index contributed by atoms with van der Waals surface area (Å²) in [6.07, 6.45) is 0. The predicted molar refractivity (Wildman–Crippen MR) is 95.6 cm³/mol. The van der Waals surface area contributed by atoms with Crippen molar-refractivity contribution in [2.24, 2.45) is 5.73 Å². The Morgan fingerprint density at radius 1 is 1.00 bits per heavy atom. The first-order chi connectivity index (χ1) is 9.32. The number of hydrogen-bond donors (Lipinski definition) is 1. The zero-order valence-corrected chi connectivity index (χ0v) is 15.1. The van der Waals surface area contributed by atoms with Gasteiger partial charge in [-0.15, -0.1) is 0 Å². The van der Waals surface area contributed by atoms with E-state index < -0.39 is 0 Å². The van der Waals surface area contributed by atoms with Crippen molar-refractivity contribution in [1.82, 2.24) is 0 Å². The Morgan fingerprint density at radius 2 is 1.55 bits per heavy atom. The second kappa shape index (κ2) is 6.04. The molecule has 0 aliphatic carbocycles. The SMILES string of the molecule is Cc1cc(C)c(C)c(C(N)c2cc(Cl)ccc2I)c1C. The fourth-order valence-corrected chi connectivity index (χ4v) is 3.47. The fourth-order valence-electron chi connectivity index (χ4n) is 2.62. The highest BCUT2D eigenvalue weighted by Crippen LogP contribution is 2.33. The van der Waals surface area contributed by atoms with Crippen LogP contribution in [0.4, 0.5) is 0 Å². The van der Waals surface area contributed by atoms with Gasteiger partial charge in [0, 0.05) is 8.59 Å². The minimum absolute atomic E-state index is 0.140. The Labute approximate surface area is 139 Å². The quantitative estimate of drug-likeness (QED) is 0.688. The van der Waals surface area contributed by atoms with Gasteiger partial charge in [-0.2, -0.15) is 0 Å². The van der Waals surface area contributed by atoms with Crippen molar-refractivity contribution in [2.45, 2.75) is 33.7 Å². The normalized spacial score (nSPS) is 12.6. The summed E-state index contributed by atoms with van der Waals surface area (Å²) < 4.78 is 1.15. The lowest BCUT2D eigenvalue weighted by Crippen LogP contribution is -2.17. The van der Waals surface area contributed by atoms with Gasteiger partial charge < -0.3 is 5.73 Å². The summed E-state index contributed by atoms with van der Waals surface area (Å²) in [6, 6.07) is 7.99. The van der Waals surface area contributed by atoms with E-state index in [2.05, 4.69) is 56.4 Å². The van der Waals surface area contributed by atoms with Gasteiger partial charge >= 0.3 is 0 Å². The molecule has 0 saturated heterocycles. The Hall–Kier alpha value is -0.580. The minimum atomic E-state index is -0.140. The maximum Gasteiger partial charge on any atom is 0.0568 e. The number of rotatable bonds is 2. The van der Waals surface area contributed by atoms with Gasteiger partial charge in [-0.1, -0.05) is 17.7 Å². The third-order valence-electron chi connectivity index (χ3n) is 4.03. The molecule has 0 fully saturated rings. The summed E-state index contributed by atoms with van der Waals surface area (Å²) in [5, 5.41) is 0.732. The van der Waals surface area contributed by atoms with Crippen LogP contribution < -0.4 is 5.73 Å². The third kappa shape index (κ3) is 2.87. The molecule has 0 amide bonds. The first kappa shape index (κ1) is 15.8. The lowest BCUT2D eigenvalue weighted by atomic mass is 9.87. The maximum atomic E-state index is 6.56. The number of halogens is 2. The van der Waals surface area contributed by atoms with Crippen molar-refractivity contribution < 1.29 is 0 Å². The zero-order valence-electron chi connectivity index (χ0n) is 12.2. The molecule has 3 heteroatoms. The Balaban J connectivity index is 2.65. The van der Waals surface area contributed by atoms with Crippen LogP contribution in [0.25, 0.3) is 0 Å². The molecule has 0 saturated carbocycles. The van der Waals surface area contributed by atoms with Gasteiger partial charge in [0.05, 0.1) is 6.04 Å². The smallest absolute Gasteiger partial charge is 0.0568 e. The number of nitrogens with two attached hydrogens (primary N) is 1. The summed E-state index contributed by atoms with van der Waals surface area (Å²) >= 11 is 8.45. The molecular weight excluding hydrogens is 381 g/mol. The fraction of sp³-hybridized carbons (Fsp3) is 0.294. The van der Waals surface area contributed by atoms with Crippen LogP contribution in [0.2, 0.25) is 5.02 Å². The highest BCUT2D eigenvalue weighted by Gasteiger charge is 2.19. The molecule has 0 bridgehead atoms. The molecule has 2 rings (SSSR count). The van der Waals surface area contributed by atoms with E-state index in [-0.39, 0.29) is 6.04 Å². The van der Waals surface area contributed by atoms with Gasteiger partial charge in [0.25, 0.3) is 0 Å². The van der Waals surface area contributed by atoms with E-state index in [1.54, 1.807) is 0 Å². The molecule has 20 heavy (non-hydrogen) atoms. The number of aryl methyl sites for hydroxylation is 2. The Morgan fingerprint density at radius 3 is 2.10 bits per heavy atom. The van der Waals surface area contributed by atoms with E-state index in [9.17, 15) is 0 Å². The first-order valence-electron chi connectivity index (χ1n) is 6.60. The standard InChI is InChI=1S/C17H19ClIN/c1-9-7-10(2)12(4)16(11(9)3)17(20)14-8-13(18)5-6-15(14)19/h5-8,17H,20H2,1-4H3. The van der Waals surface area contributed by atoms with Crippen LogP contribution >= 0.6 is 34.2 Å². The van der Waals surface area contributed by atoms with Crippen LogP contribution in [-0.2, 0) is 0 Å². The monoisotopic (exact) mass is 399 g/mol. The van der Waals surface area contributed by atoms with Crippen molar-refractivity contribution in [3.05, 3.63) is 66.2 Å². The zero-order chi connectivity index (χ0) is 15.0. The van der Waals surface area contributed by atoms with Gasteiger partial charge in [0.15, 0.2) is 0 Å². The van der Waals surface area contributed by atoms with Crippen LogP contribution in [0.1, 0.15) is 39.4 Å². The van der Waals surface area contributed by atoms with Crippen molar-refractivity contribution in [1.29, 1.82) is 0 Å². The van der Waals surface area contributed by atoms with Crippen molar-refractivity contribution in [3.63, 3.8) is 0 Å². The van der Waals surface area contributed by atoms with Crippen LogP contribution in [-0.4, -0.2) is 0 Å². The van der Waals surface area contributed by atoms with Crippen LogP contribution in [0.15, 0.2) is 24.3 Å². The van der Waals surface area contributed by atoms with E-state index in [4.69, 9.17) is 17.3 Å². The van der Waals surface area contributed by atoms with E-state index in [0.29, 0.717) is 0 Å². The molecule has 1 unspecified atom stereocenters. The third-order valence-corrected chi connectivity index (χ3v) is 5.25. The Kier molecular flexibility index (Phi) is 4.77. The van der Waals surface area contributed by atoms with E-state index in [1.807, 2.05) is 18.2 Å². The minimum Gasteiger partial charge on any atom is -0.320 e. The molecule has 0 aromatic heterocycles. The molecule has 2 N–H and O–H groups in total. The van der Waals surface area contributed by atoms with Crippen molar-refractivity contribution in [3.8, 4) is 0 Å². The average molecular weight is 400 g/mol. The van der Waals surface area contributed by atoms with Crippen LogP contribution in [0.5, 0.6) is 0 Å². The lowest BCUT2D eigenvalue weighted by molar-refractivity contribution is 0.840. The summed E-state index contributed by atoms with van der Waals surface area (Å²) in [7, 11) is 0. The largest absolute Gasteiger partial charge is 0.320 e. The summed E-state index contributed by atoms with van der Waals surface area (Å²) in [5.74, 6) is 0. The van der Waals surface area contributed by atoms with Gasteiger partial charge in [0.2, 0.25) is 0 Å². The summed E-state index contributed by atoms with van der Waals surface area (Å²) in [6.45, 7) is 8.57. The molecule has 106 valence electrons. The highest BCUT2D eigenvalue weighted by molar-refractivity contribution is 14.1. The van der Waals surface area contributed by atoms with E-state index in [1.165, 1.54) is 27.8 Å². The maximum absolute atomic E-state index is 6.56. The molecule has 1 atom stereocenters. The van der Waals surface area contributed by atoms with Gasteiger partial charge in [0.1, 0.15) is 0 Å². The summed E-state index contributed by atoms with van der Waals surface area (Å²) in [5.41, 5.74) is 14.0. The molecular formula is C17H19ClIN. The van der Waals surface area contributed by atoms with Crippen LogP contribution in [0, 0.1) is 31.3 Å². The molecule has 2 aromatic rings. The second-order valence-corrected chi connectivity index (χ2v) is 6.92. The molecule has 0 spiro atoms. The molecule has 1 nitrogen and oxygen atoms in total. The van der Waals surface area contributed by atoms with E-state index in [0.717, 1.165) is 14.2 Å². The van der Waals surface area contributed by atoms with Crippen molar-refractivity contribution >= 4 is 34.2 Å². The first-order valence-corrected chi connectivity index (χ1v) is 8.06. The number of benzene rings is 2. The van der Waals surface area contributed by atoms with Gasteiger partial charge in [-0.05, 0) is 102 Å². The molecule has 0 heterocycles. The highest BCUT2D eigenvalue weighted by atomic mass is 127. The van der Waals surface area contributed by atoms with E-state index >= 15 is 0 Å². The Bertz CT molecular complexity index is 638. The van der Waals surface area contributed by atoms with Gasteiger partial charge in [-0.3, -0.25) is 0 Å². The molecule has 0 aliphatic heterocycles. The average Bonchev–Trinajstić information content (AvgIpc) is 2.39. The molecule has 0 radical (unpaired) electrons. The van der Waals surface area contributed by atoms with Crippen LogP contribution in [0.3, 0.4) is 0 Å². The van der Waals surface area contributed by atoms with Gasteiger partial charge in [-0.25, -0.2) is 0 Å². The lowest BCUT2D eigenvalue weighted by Gasteiger charge is -2.22. The van der Waals surface area contributed by atoms with Crippen molar-refractivity contribution in [2.75, 3.05) is 0 Å². The number of hydrogen-bond acceptors (Lipinski definition) is 1. The second-order valence-electron chi connectivity index (χ2n) is 5.32. The topological polar surface area (TPSA) is 26.0 Å². The summed E-state index contributed by atoms with van der Waals surface area (Å²) in [4.78, 5) is 0. The molecule has 0 aliphatic rings. The molecule has 2 aromatic carbocycles. The predicted octanol–water partition coefficient (Wildman–Crippen LogP) is 5.23.